The van der Waals surface area contributed by atoms with Gasteiger partial charge < -0.3 is 4.74 Å². The number of esters is 1. The number of hydrogen-bond acceptors (Lipinski definition) is 3. The Labute approximate surface area is 63.4 Å². The number of thiophene rings is 1. The summed E-state index contributed by atoms with van der Waals surface area (Å²) in [6.07, 6.45) is 0.334. The Morgan fingerprint density at radius 2 is 2.60 bits per heavy atom. The van der Waals surface area contributed by atoms with E-state index in [1.54, 1.807) is 0 Å². The zero-order valence-corrected chi connectivity index (χ0v) is 6.19. The summed E-state index contributed by atoms with van der Waals surface area (Å²) in [4.78, 5) is 11.6. The third-order valence-electron chi connectivity index (χ3n) is 1.06. The lowest BCUT2D eigenvalue weighted by molar-refractivity contribution is -0.137. The molecule has 0 aromatic carbocycles. The van der Waals surface area contributed by atoms with Gasteiger partial charge in [0.05, 0.1) is 6.42 Å². The first-order valence-electron chi connectivity index (χ1n) is 2.80. The third-order valence-corrected chi connectivity index (χ3v) is 1.94. The number of carbonyl (C=O) groups excluding carboxylic acids is 1. The van der Waals surface area contributed by atoms with Gasteiger partial charge in [0.2, 0.25) is 0 Å². The molecule has 0 aliphatic carbocycles. The first kappa shape index (κ1) is 7.28. The van der Waals surface area contributed by atoms with Crippen molar-refractivity contribution in [1.82, 2.24) is 0 Å². The van der Waals surface area contributed by atoms with Gasteiger partial charge in [0.15, 0.2) is 0 Å². The molecule has 0 aliphatic heterocycles. The van der Waals surface area contributed by atoms with Crippen LogP contribution in [0.15, 0.2) is 17.5 Å². The average molecular weight is 155 g/mol. The lowest BCUT2D eigenvalue weighted by Crippen LogP contribution is -2.00. The molecule has 0 saturated carbocycles. The highest BCUT2D eigenvalue weighted by Gasteiger charge is 2.01. The Kier molecular flexibility index (Phi) is 2.45. The van der Waals surface area contributed by atoms with E-state index in [4.69, 9.17) is 0 Å². The lowest BCUT2D eigenvalue weighted by atomic mass is 10.3. The Morgan fingerprint density at radius 1 is 1.80 bits per heavy atom. The van der Waals surface area contributed by atoms with Crippen molar-refractivity contribution in [1.29, 1.82) is 0 Å². The fourth-order valence-electron chi connectivity index (χ4n) is 0.606. The maximum Gasteiger partial charge on any atom is 0.311 e. The van der Waals surface area contributed by atoms with E-state index in [-0.39, 0.29) is 5.97 Å². The highest BCUT2D eigenvalue weighted by molar-refractivity contribution is 7.10. The standard InChI is InChI=1S/C7H7O2S/c1-9-7(8)5-6-3-2-4-10-6/h2-4H,1,5H2. The van der Waals surface area contributed by atoms with Crippen LogP contribution in [0.2, 0.25) is 0 Å². The predicted octanol–water partition coefficient (Wildman–Crippen LogP) is 1.63. The van der Waals surface area contributed by atoms with Crippen molar-refractivity contribution >= 4 is 17.3 Å². The van der Waals surface area contributed by atoms with Crippen molar-refractivity contribution in [2.75, 3.05) is 0 Å². The van der Waals surface area contributed by atoms with Crippen LogP contribution in [0.25, 0.3) is 0 Å². The number of hydrogen-bond donors (Lipinski definition) is 0. The van der Waals surface area contributed by atoms with Crippen LogP contribution in [0.5, 0.6) is 0 Å². The first-order valence-corrected chi connectivity index (χ1v) is 3.68. The van der Waals surface area contributed by atoms with Crippen molar-refractivity contribution in [3.05, 3.63) is 29.5 Å². The van der Waals surface area contributed by atoms with Crippen LogP contribution < -0.4 is 0 Å². The minimum absolute atomic E-state index is 0.289. The van der Waals surface area contributed by atoms with Crippen molar-refractivity contribution in [3.8, 4) is 0 Å². The molecule has 1 radical (unpaired) electrons. The summed E-state index contributed by atoms with van der Waals surface area (Å²) in [5, 5.41) is 1.92. The van der Waals surface area contributed by atoms with Crippen LogP contribution in [0.4, 0.5) is 0 Å². The molecule has 0 spiro atoms. The number of ether oxygens (including phenoxy) is 1. The summed E-state index contributed by atoms with van der Waals surface area (Å²) in [5.74, 6) is -0.289. The van der Waals surface area contributed by atoms with E-state index < -0.39 is 0 Å². The van der Waals surface area contributed by atoms with Gasteiger partial charge >= 0.3 is 5.97 Å². The SMILES string of the molecule is [CH2]OC(=O)Cc1cccs1. The molecule has 0 bridgehead atoms. The summed E-state index contributed by atoms with van der Waals surface area (Å²) >= 11 is 1.54. The summed E-state index contributed by atoms with van der Waals surface area (Å²) in [5.41, 5.74) is 0. The quantitative estimate of drug-likeness (QED) is 0.607. The largest absolute Gasteiger partial charge is 0.462 e. The fraction of sp³-hybridized carbons (Fsp3) is 0.143. The van der Waals surface area contributed by atoms with Crippen molar-refractivity contribution < 1.29 is 9.53 Å². The Balaban J connectivity index is 2.48. The van der Waals surface area contributed by atoms with E-state index in [9.17, 15) is 4.79 Å². The minimum atomic E-state index is -0.289. The molecule has 0 atom stereocenters. The smallest absolute Gasteiger partial charge is 0.311 e. The van der Waals surface area contributed by atoms with Gasteiger partial charge in [0.25, 0.3) is 0 Å². The zero-order chi connectivity index (χ0) is 7.40. The second kappa shape index (κ2) is 3.37. The van der Waals surface area contributed by atoms with Gasteiger partial charge in [-0.15, -0.1) is 11.3 Å². The molecule has 0 unspecified atom stereocenters. The molecule has 0 N–H and O–H groups in total. The maximum atomic E-state index is 10.6. The van der Waals surface area contributed by atoms with Crippen molar-refractivity contribution in [3.63, 3.8) is 0 Å². The Morgan fingerprint density at radius 3 is 3.10 bits per heavy atom. The Bertz CT molecular complexity index is 203. The number of carbonyl (C=O) groups is 1. The maximum absolute atomic E-state index is 10.6. The predicted molar refractivity (Wildman–Crippen MR) is 39.5 cm³/mol. The molecular weight excluding hydrogens is 148 g/mol. The van der Waals surface area contributed by atoms with Gasteiger partial charge in [0.1, 0.15) is 7.11 Å². The summed E-state index contributed by atoms with van der Waals surface area (Å²) in [7, 11) is 3.02. The van der Waals surface area contributed by atoms with Gasteiger partial charge in [-0.3, -0.25) is 4.79 Å². The number of rotatable bonds is 2. The molecule has 0 amide bonds. The van der Waals surface area contributed by atoms with Crippen LogP contribution in [0.1, 0.15) is 4.88 Å². The third kappa shape index (κ3) is 1.84. The van der Waals surface area contributed by atoms with E-state index in [0.29, 0.717) is 6.42 Å². The molecule has 3 heteroatoms. The summed E-state index contributed by atoms with van der Waals surface area (Å²) in [6.45, 7) is 0. The molecule has 2 nitrogen and oxygen atoms in total. The molecule has 1 aromatic heterocycles. The van der Waals surface area contributed by atoms with Crippen LogP contribution in [-0.2, 0) is 16.0 Å². The molecular formula is C7H7O2S. The summed E-state index contributed by atoms with van der Waals surface area (Å²) in [6, 6.07) is 3.79. The molecule has 1 rings (SSSR count). The zero-order valence-electron chi connectivity index (χ0n) is 5.37. The van der Waals surface area contributed by atoms with Gasteiger partial charge in [-0.25, -0.2) is 0 Å². The molecule has 0 saturated heterocycles. The van der Waals surface area contributed by atoms with Crippen molar-refractivity contribution in [2.24, 2.45) is 0 Å². The second-order valence-corrected chi connectivity index (χ2v) is 2.80. The van der Waals surface area contributed by atoms with Crippen molar-refractivity contribution in [2.45, 2.75) is 6.42 Å². The highest BCUT2D eigenvalue weighted by atomic mass is 32.1. The minimum Gasteiger partial charge on any atom is -0.462 e. The van der Waals surface area contributed by atoms with Gasteiger partial charge in [-0.2, -0.15) is 0 Å². The Hall–Kier alpha value is -0.830. The van der Waals surface area contributed by atoms with E-state index in [1.165, 1.54) is 11.3 Å². The van der Waals surface area contributed by atoms with Crippen LogP contribution >= 0.6 is 11.3 Å². The normalized spacial score (nSPS) is 9.30. The van der Waals surface area contributed by atoms with Crippen LogP contribution in [-0.4, -0.2) is 5.97 Å². The van der Waals surface area contributed by atoms with E-state index in [1.807, 2.05) is 17.5 Å². The topological polar surface area (TPSA) is 26.3 Å². The van der Waals surface area contributed by atoms with Gasteiger partial charge in [-0.1, -0.05) is 6.07 Å². The second-order valence-electron chi connectivity index (χ2n) is 1.77. The first-order chi connectivity index (χ1) is 4.83. The van der Waals surface area contributed by atoms with E-state index >= 15 is 0 Å². The van der Waals surface area contributed by atoms with Crippen LogP contribution in [0, 0.1) is 7.11 Å². The van der Waals surface area contributed by atoms with Gasteiger partial charge in [0, 0.05) is 4.88 Å². The molecule has 1 aromatic rings. The molecule has 0 aliphatic rings. The average Bonchev–Trinajstić information content (AvgIpc) is 2.40. The lowest BCUT2D eigenvalue weighted by Gasteiger charge is -1.92. The van der Waals surface area contributed by atoms with Gasteiger partial charge in [-0.05, 0) is 11.4 Å². The molecule has 10 heavy (non-hydrogen) atoms. The molecule has 53 valence electrons. The molecule has 0 fully saturated rings. The summed E-state index contributed by atoms with van der Waals surface area (Å²) < 4.78 is 4.24. The molecule has 1 heterocycles. The van der Waals surface area contributed by atoms with E-state index in [2.05, 4.69) is 11.8 Å². The highest BCUT2D eigenvalue weighted by Crippen LogP contribution is 2.09. The monoisotopic (exact) mass is 155 g/mol. The fourth-order valence-corrected chi connectivity index (χ4v) is 1.30. The van der Waals surface area contributed by atoms with Crippen LogP contribution in [0.3, 0.4) is 0 Å². The van der Waals surface area contributed by atoms with E-state index in [0.717, 1.165) is 4.88 Å².